The monoisotopic (exact) mass is 374 g/mol. The number of nitrogens with zero attached hydrogens (tertiary/aromatic N) is 3. The number of thiazole rings is 1. The van der Waals surface area contributed by atoms with Crippen molar-refractivity contribution in [1.29, 1.82) is 5.26 Å². The van der Waals surface area contributed by atoms with Gasteiger partial charge in [-0.3, -0.25) is 9.52 Å². The molecule has 2 aromatic rings. The SMILES string of the molecule is CSNC(=O)c1nc(N(CC(C)(C)C)c2ccc(C#N)cc2)sc1C. The summed E-state index contributed by atoms with van der Waals surface area (Å²) in [5.74, 6) is -0.178. The number of benzene rings is 1. The largest absolute Gasteiger partial charge is 0.317 e. The zero-order chi connectivity index (χ0) is 18.6. The van der Waals surface area contributed by atoms with E-state index in [2.05, 4.69) is 41.4 Å². The lowest BCUT2D eigenvalue weighted by molar-refractivity contribution is 0.0980. The van der Waals surface area contributed by atoms with Gasteiger partial charge in [0.05, 0.1) is 11.6 Å². The van der Waals surface area contributed by atoms with Crippen LogP contribution in [0.4, 0.5) is 10.8 Å². The molecule has 0 aliphatic heterocycles. The first-order valence-corrected chi connectivity index (χ1v) is 9.88. The number of amides is 1. The van der Waals surface area contributed by atoms with Crippen LogP contribution in [0.25, 0.3) is 0 Å². The van der Waals surface area contributed by atoms with Crippen LogP contribution in [0.1, 0.15) is 41.7 Å². The first-order chi connectivity index (χ1) is 11.7. The van der Waals surface area contributed by atoms with Gasteiger partial charge in [-0.1, -0.05) is 32.7 Å². The Labute approximate surface area is 157 Å². The summed E-state index contributed by atoms with van der Waals surface area (Å²) in [6.07, 6.45) is 1.81. The Morgan fingerprint density at radius 1 is 1.36 bits per heavy atom. The van der Waals surface area contributed by atoms with Crippen LogP contribution in [0.3, 0.4) is 0 Å². The second-order valence-corrected chi connectivity index (χ2v) is 8.64. The Bertz CT molecular complexity index is 785. The molecule has 0 aliphatic rings. The zero-order valence-corrected chi connectivity index (χ0v) is 16.7. The quantitative estimate of drug-likeness (QED) is 0.780. The Morgan fingerprint density at radius 2 is 2.00 bits per heavy atom. The molecular formula is C18H22N4OS2. The van der Waals surface area contributed by atoms with E-state index >= 15 is 0 Å². The average Bonchev–Trinajstić information content (AvgIpc) is 2.94. The minimum absolute atomic E-state index is 0.0369. The second-order valence-electron chi connectivity index (χ2n) is 6.84. The van der Waals surface area contributed by atoms with Crippen molar-refractivity contribution in [2.24, 2.45) is 5.41 Å². The van der Waals surface area contributed by atoms with Crippen LogP contribution in [0.2, 0.25) is 0 Å². The number of rotatable bonds is 5. The number of hydrogen-bond acceptors (Lipinski definition) is 6. The number of hydrogen-bond donors (Lipinski definition) is 1. The van der Waals surface area contributed by atoms with Gasteiger partial charge in [-0.2, -0.15) is 5.26 Å². The van der Waals surface area contributed by atoms with Crippen molar-refractivity contribution >= 4 is 40.0 Å². The van der Waals surface area contributed by atoms with E-state index in [0.29, 0.717) is 11.3 Å². The second kappa shape index (κ2) is 7.89. The minimum Gasteiger partial charge on any atom is -0.317 e. The fourth-order valence-electron chi connectivity index (χ4n) is 2.31. The topological polar surface area (TPSA) is 69.0 Å². The highest BCUT2D eigenvalue weighted by Gasteiger charge is 2.24. The van der Waals surface area contributed by atoms with Crippen molar-refractivity contribution in [3.05, 3.63) is 40.4 Å². The molecule has 1 aromatic carbocycles. The van der Waals surface area contributed by atoms with Gasteiger partial charge in [-0.05, 0) is 36.6 Å². The molecule has 25 heavy (non-hydrogen) atoms. The van der Waals surface area contributed by atoms with Crippen LogP contribution in [-0.4, -0.2) is 23.7 Å². The van der Waals surface area contributed by atoms with Crippen LogP contribution in [-0.2, 0) is 0 Å². The maximum absolute atomic E-state index is 12.2. The average molecular weight is 375 g/mol. The molecule has 1 aromatic heterocycles. The van der Waals surface area contributed by atoms with E-state index in [9.17, 15) is 4.79 Å². The summed E-state index contributed by atoms with van der Waals surface area (Å²) in [5, 5.41) is 9.78. The third kappa shape index (κ3) is 4.97. The maximum Gasteiger partial charge on any atom is 0.280 e. The molecule has 0 spiro atoms. The van der Waals surface area contributed by atoms with Gasteiger partial charge in [-0.15, -0.1) is 11.3 Å². The molecule has 1 amide bonds. The van der Waals surface area contributed by atoms with E-state index in [1.807, 2.05) is 25.3 Å². The smallest absolute Gasteiger partial charge is 0.280 e. The molecule has 0 saturated carbocycles. The summed E-state index contributed by atoms with van der Waals surface area (Å²) in [7, 11) is 0. The maximum atomic E-state index is 12.2. The van der Waals surface area contributed by atoms with Gasteiger partial charge in [0.1, 0.15) is 5.69 Å². The Kier molecular flexibility index (Phi) is 6.09. The molecular weight excluding hydrogens is 352 g/mol. The molecule has 1 heterocycles. The van der Waals surface area contributed by atoms with Crippen molar-refractivity contribution in [2.45, 2.75) is 27.7 Å². The lowest BCUT2D eigenvalue weighted by Gasteiger charge is -2.29. The molecule has 0 atom stereocenters. The Balaban J connectivity index is 2.43. The van der Waals surface area contributed by atoms with E-state index in [-0.39, 0.29) is 11.3 Å². The van der Waals surface area contributed by atoms with Gasteiger partial charge in [0.2, 0.25) is 0 Å². The van der Waals surface area contributed by atoms with Crippen LogP contribution >= 0.6 is 23.3 Å². The number of anilines is 2. The first kappa shape index (κ1) is 19.3. The molecule has 5 nitrogen and oxygen atoms in total. The molecule has 2 rings (SSSR count). The summed E-state index contributed by atoms with van der Waals surface area (Å²) in [4.78, 5) is 19.7. The zero-order valence-electron chi connectivity index (χ0n) is 15.1. The van der Waals surface area contributed by atoms with Crippen LogP contribution < -0.4 is 9.62 Å². The summed E-state index contributed by atoms with van der Waals surface area (Å²) in [5.41, 5.74) is 2.08. The van der Waals surface area contributed by atoms with E-state index in [1.165, 1.54) is 23.3 Å². The molecule has 0 fully saturated rings. The van der Waals surface area contributed by atoms with Crippen molar-refractivity contribution in [3.8, 4) is 6.07 Å². The standard InChI is InChI=1S/C18H22N4OS2/c1-12-15(16(23)21-24-5)20-17(25-12)22(11-18(2,3)4)14-8-6-13(10-19)7-9-14/h6-9H,11H2,1-5H3,(H,21,23). The molecule has 0 radical (unpaired) electrons. The lowest BCUT2D eigenvalue weighted by atomic mass is 9.96. The number of carbonyl (C=O) groups excluding carboxylic acids is 1. The first-order valence-electron chi connectivity index (χ1n) is 7.83. The van der Waals surface area contributed by atoms with E-state index in [4.69, 9.17) is 5.26 Å². The van der Waals surface area contributed by atoms with Gasteiger partial charge in [0.15, 0.2) is 5.13 Å². The van der Waals surface area contributed by atoms with Crippen LogP contribution in [0.5, 0.6) is 0 Å². The molecule has 1 N–H and O–H groups in total. The highest BCUT2D eigenvalue weighted by atomic mass is 32.2. The summed E-state index contributed by atoms with van der Waals surface area (Å²) < 4.78 is 2.73. The van der Waals surface area contributed by atoms with Crippen LogP contribution in [0.15, 0.2) is 24.3 Å². The summed E-state index contributed by atoms with van der Waals surface area (Å²) in [6.45, 7) is 9.13. The number of nitriles is 1. The Hall–Kier alpha value is -2.04. The number of nitrogens with one attached hydrogen (secondary N) is 1. The van der Waals surface area contributed by atoms with Crippen molar-refractivity contribution in [1.82, 2.24) is 9.71 Å². The minimum atomic E-state index is -0.178. The third-order valence-corrected chi connectivity index (χ3v) is 4.75. The molecule has 0 aliphatic carbocycles. The predicted molar refractivity (Wildman–Crippen MR) is 105 cm³/mol. The molecule has 0 bridgehead atoms. The lowest BCUT2D eigenvalue weighted by Crippen LogP contribution is -2.29. The number of carbonyl (C=O) groups is 1. The van der Waals surface area contributed by atoms with Crippen molar-refractivity contribution in [3.63, 3.8) is 0 Å². The summed E-state index contributed by atoms with van der Waals surface area (Å²) >= 11 is 2.76. The van der Waals surface area contributed by atoms with E-state index < -0.39 is 0 Å². The van der Waals surface area contributed by atoms with Crippen molar-refractivity contribution in [2.75, 3.05) is 17.7 Å². The van der Waals surface area contributed by atoms with E-state index in [1.54, 1.807) is 12.1 Å². The highest BCUT2D eigenvalue weighted by Crippen LogP contribution is 2.34. The van der Waals surface area contributed by atoms with Gasteiger partial charge < -0.3 is 4.90 Å². The number of aryl methyl sites for hydroxylation is 1. The fraction of sp³-hybridized carbons (Fsp3) is 0.389. The molecule has 0 saturated heterocycles. The highest BCUT2D eigenvalue weighted by molar-refractivity contribution is 7.97. The van der Waals surface area contributed by atoms with Gasteiger partial charge >= 0.3 is 0 Å². The van der Waals surface area contributed by atoms with Gasteiger partial charge in [0, 0.05) is 23.4 Å². The van der Waals surface area contributed by atoms with Gasteiger partial charge in [-0.25, -0.2) is 4.98 Å². The van der Waals surface area contributed by atoms with Crippen LogP contribution in [0, 0.1) is 23.7 Å². The molecule has 0 unspecified atom stereocenters. The normalized spacial score (nSPS) is 11.0. The third-order valence-electron chi connectivity index (χ3n) is 3.37. The number of aromatic nitrogens is 1. The predicted octanol–water partition coefficient (Wildman–Crippen LogP) is 4.52. The molecule has 132 valence electrons. The van der Waals surface area contributed by atoms with Crippen molar-refractivity contribution < 1.29 is 4.79 Å². The van der Waals surface area contributed by atoms with Gasteiger partial charge in [0.25, 0.3) is 5.91 Å². The summed E-state index contributed by atoms with van der Waals surface area (Å²) in [6, 6.07) is 9.57. The Morgan fingerprint density at radius 3 is 2.52 bits per heavy atom. The molecule has 7 heteroatoms. The van der Waals surface area contributed by atoms with E-state index in [0.717, 1.165) is 22.2 Å². The fourth-order valence-corrected chi connectivity index (χ4v) is 3.52.